The predicted octanol–water partition coefficient (Wildman–Crippen LogP) is 1.61. The van der Waals surface area contributed by atoms with E-state index in [-0.39, 0.29) is 31.2 Å². The Kier molecular flexibility index (Phi) is 3.90. The Balaban J connectivity index is 2.13. The van der Waals surface area contributed by atoms with Crippen LogP contribution in [0.25, 0.3) is 5.70 Å². The van der Waals surface area contributed by atoms with Crippen LogP contribution in [-0.2, 0) is 19.1 Å². The summed E-state index contributed by atoms with van der Waals surface area (Å²) in [4.78, 5) is 38.6. The van der Waals surface area contributed by atoms with Crippen LogP contribution in [0.5, 0.6) is 0 Å². The minimum absolute atomic E-state index is 0.107. The van der Waals surface area contributed by atoms with Crippen molar-refractivity contribution in [3.05, 3.63) is 41.0 Å². The molecule has 6 heteroatoms. The molecule has 0 fully saturated rings. The number of fused-ring (bicyclic) bond motifs is 3. The van der Waals surface area contributed by atoms with E-state index < -0.39 is 17.9 Å². The van der Waals surface area contributed by atoms with Crippen molar-refractivity contribution in [3.8, 4) is 0 Å². The molecular weight excluding hydrogens is 298 g/mol. The quantitative estimate of drug-likeness (QED) is 0.789. The van der Waals surface area contributed by atoms with Gasteiger partial charge in [-0.1, -0.05) is 18.2 Å². The first-order valence-electron chi connectivity index (χ1n) is 7.59. The molecule has 0 saturated carbocycles. The van der Waals surface area contributed by atoms with Gasteiger partial charge >= 0.3 is 11.9 Å². The molecule has 2 aliphatic rings. The lowest BCUT2D eigenvalue weighted by Gasteiger charge is -2.14. The molecule has 120 valence electrons. The monoisotopic (exact) mass is 315 g/mol. The number of hydrogen-bond acceptors (Lipinski definition) is 5. The van der Waals surface area contributed by atoms with E-state index in [2.05, 4.69) is 0 Å². The van der Waals surface area contributed by atoms with Crippen LogP contribution in [0.2, 0.25) is 0 Å². The second-order valence-electron chi connectivity index (χ2n) is 5.25. The first-order valence-corrected chi connectivity index (χ1v) is 7.59. The molecule has 0 aliphatic carbocycles. The van der Waals surface area contributed by atoms with Crippen molar-refractivity contribution in [2.45, 2.75) is 13.8 Å². The van der Waals surface area contributed by atoms with E-state index >= 15 is 0 Å². The van der Waals surface area contributed by atoms with Crippen LogP contribution in [0.3, 0.4) is 0 Å². The number of amides is 1. The molecule has 2 aliphatic heterocycles. The number of carbonyl (C=O) groups is 3. The van der Waals surface area contributed by atoms with E-state index in [4.69, 9.17) is 9.47 Å². The van der Waals surface area contributed by atoms with Crippen LogP contribution in [0.15, 0.2) is 29.8 Å². The zero-order valence-electron chi connectivity index (χ0n) is 13.0. The molecule has 0 radical (unpaired) electrons. The van der Waals surface area contributed by atoms with Crippen molar-refractivity contribution in [3.63, 3.8) is 0 Å². The summed E-state index contributed by atoms with van der Waals surface area (Å²) in [6.07, 6.45) is 0. The van der Waals surface area contributed by atoms with Crippen LogP contribution in [0, 0.1) is 5.92 Å². The molecule has 0 aromatic heterocycles. The van der Waals surface area contributed by atoms with Gasteiger partial charge in [0, 0.05) is 17.7 Å². The average Bonchev–Trinajstić information content (AvgIpc) is 3.05. The average molecular weight is 315 g/mol. The fourth-order valence-corrected chi connectivity index (χ4v) is 3.06. The summed E-state index contributed by atoms with van der Waals surface area (Å²) in [5, 5.41) is 0. The standard InChI is InChI=1S/C17H17NO5/c1-3-22-16(20)12-9-18-14(13(12)17(21)23-4-2)10-7-5-6-8-11(10)15(18)19/h5-8,12H,3-4,9H2,1-2H3. The Bertz CT molecular complexity index is 721. The molecular formula is C17H17NO5. The second-order valence-corrected chi connectivity index (χ2v) is 5.25. The molecule has 1 unspecified atom stereocenters. The summed E-state index contributed by atoms with van der Waals surface area (Å²) in [6, 6.07) is 7.05. The second kappa shape index (κ2) is 5.87. The molecule has 3 rings (SSSR count). The molecule has 1 amide bonds. The zero-order chi connectivity index (χ0) is 16.6. The van der Waals surface area contributed by atoms with Crippen molar-refractivity contribution < 1.29 is 23.9 Å². The van der Waals surface area contributed by atoms with Gasteiger partial charge in [0.05, 0.1) is 24.5 Å². The van der Waals surface area contributed by atoms with Crippen LogP contribution in [0.1, 0.15) is 29.8 Å². The number of hydrogen-bond donors (Lipinski definition) is 0. The van der Waals surface area contributed by atoms with Gasteiger partial charge in [-0.2, -0.15) is 0 Å². The number of rotatable bonds is 4. The van der Waals surface area contributed by atoms with E-state index in [1.807, 2.05) is 0 Å². The third-order valence-corrected chi connectivity index (χ3v) is 3.96. The van der Waals surface area contributed by atoms with Gasteiger partial charge in [0.1, 0.15) is 5.92 Å². The number of carbonyl (C=O) groups excluding carboxylic acids is 3. The van der Waals surface area contributed by atoms with Crippen LogP contribution in [0.4, 0.5) is 0 Å². The summed E-state index contributed by atoms with van der Waals surface area (Å²) >= 11 is 0. The van der Waals surface area contributed by atoms with Gasteiger partial charge in [0.15, 0.2) is 0 Å². The van der Waals surface area contributed by atoms with Crippen molar-refractivity contribution >= 4 is 23.5 Å². The maximum Gasteiger partial charge on any atom is 0.337 e. The minimum atomic E-state index is -0.804. The van der Waals surface area contributed by atoms with Crippen LogP contribution < -0.4 is 0 Å². The topological polar surface area (TPSA) is 72.9 Å². The highest BCUT2D eigenvalue weighted by Crippen LogP contribution is 2.43. The Labute approximate surface area is 133 Å². The molecule has 0 spiro atoms. The SMILES string of the molecule is CCOC(=O)C1=C2c3ccccc3C(=O)N2CC1C(=O)OCC. The van der Waals surface area contributed by atoms with Gasteiger partial charge in [-0.25, -0.2) is 4.79 Å². The fraction of sp³-hybridized carbons (Fsp3) is 0.353. The third-order valence-electron chi connectivity index (χ3n) is 3.96. The van der Waals surface area contributed by atoms with Crippen molar-refractivity contribution in [1.82, 2.24) is 4.90 Å². The van der Waals surface area contributed by atoms with Gasteiger partial charge in [-0.3, -0.25) is 9.59 Å². The van der Waals surface area contributed by atoms with Gasteiger partial charge in [0.2, 0.25) is 0 Å². The van der Waals surface area contributed by atoms with Crippen LogP contribution >= 0.6 is 0 Å². The summed E-state index contributed by atoms with van der Waals surface area (Å²) in [7, 11) is 0. The smallest absolute Gasteiger partial charge is 0.337 e. The number of ether oxygens (including phenoxy) is 2. The Morgan fingerprint density at radius 2 is 1.78 bits per heavy atom. The molecule has 1 aromatic rings. The molecule has 0 saturated heterocycles. The molecule has 23 heavy (non-hydrogen) atoms. The van der Waals surface area contributed by atoms with Crippen molar-refractivity contribution in [2.75, 3.05) is 19.8 Å². The Hall–Kier alpha value is -2.63. The highest BCUT2D eigenvalue weighted by Gasteiger charge is 2.48. The summed E-state index contributed by atoms with van der Waals surface area (Å²) in [5.41, 5.74) is 1.88. The lowest BCUT2D eigenvalue weighted by molar-refractivity contribution is -0.149. The number of esters is 2. The van der Waals surface area contributed by atoms with E-state index in [9.17, 15) is 14.4 Å². The summed E-state index contributed by atoms with van der Waals surface area (Å²) in [5.74, 6) is -2.10. The first-order chi connectivity index (χ1) is 11.1. The highest BCUT2D eigenvalue weighted by atomic mass is 16.5. The number of nitrogens with zero attached hydrogens (tertiary/aromatic N) is 1. The molecule has 0 bridgehead atoms. The van der Waals surface area contributed by atoms with Crippen LogP contribution in [-0.4, -0.2) is 42.5 Å². The van der Waals surface area contributed by atoms with Gasteiger partial charge in [0.25, 0.3) is 5.91 Å². The minimum Gasteiger partial charge on any atom is -0.465 e. The molecule has 1 aromatic carbocycles. The Morgan fingerprint density at radius 1 is 1.13 bits per heavy atom. The van der Waals surface area contributed by atoms with E-state index in [1.54, 1.807) is 38.1 Å². The fourth-order valence-electron chi connectivity index (χ4n) is 3.06. The third kappa shape index (κ3) is 2.30. The summed E-state index contributed by atoms with van der Waals surface area (Å²) in [6.45, 7) is 3.91. The molecule has 1 atom stereocenters. The van der Waals surface area contributed by atoms with Gasteiger partial charge in [-0.15, -0.1) is 0 Å². The molecule has 6 nitrogen and oxygen atoms in total. The van der Waals surface area contributed by atoms with Gasteiger partial charge < -0.3 is 14.4 Å². The van der Waals surface area contributed by atoms with Crippen molar-refractivity contribution in [1.29, 1.82) is 0 Å². The van der Waals surface area contributed by atoms with Crippen molar-refractivity contribution in [2.24, 2.45) is 5.92 Å². The van der Waals surface area contributed by atoms with E-state index in [1.165, 1.54) is 4.90 Å². The number of benzene rings is 1. The maximum atomic E-state index is 12.5. The lowest BCUT2D eigenvalue weighted by atomic mass is 9.97. The first kappa shape index (κ1) is 15.3. The lowest BCUT2D eigenvalue weighted by Crippen LogP contribution is -2.30. The summed E-state index contributed by atoms with van der Waals surface area (Å²) < 4.78 is 10.2. The highest BCUT2D eigenvalue weighted by molar-refractivity contribution is 6.16. The van der Waals surface area contributed by atoms with E-state index in [0.29, 0.717) is 16.8 Å². The largest absolute Gasteiger partial charge is 0.465 e. The normalized spacial score (nSPS) is 18.8. The maximum absolute atomic E-state index is 12.5. The molecule has 0 N–H and O–H groups in total. The van der Waals surface area contributed by atoms with Gasteiger partial charge in [-0.05, 0) is 19.9 Å². The predicted molar refractivity (Wildman–Crippen MR) is 81.2 cm³/mol. The van der Waals surface area contributed by atoms with E-state index in [0.717, 1.165) is 0 Å². The Morgan fingerprint density at radius 3 is 2.43 bits per heavy atom. The zero-order valence-corrected chi connectivity index (χ0v) is 13.0. The molecule has 2 heterocycles.